The van der Waals surface area contributed by atoms with Crippen LogP contribution >= 0.6 is 0 Å². The van der Waals surface area contributed by atoms with Crippen LogP contribution in [0, 0.1) is 0 Å². The Hall–Kier alpha value is -4.60. The molecule has 0 saturated carbocycles. The Morgan fingerprint density at radius 1 is 0.676 bits per heavy atom. The quantitative estimate of drug-likeness (QED) is 0.218. The van der Waals surface area contributed by atoms with Crippen LogP contribution in [0.15, 0.2) is 60.9 Å². The fourth-order valence-corrected chi connectivity index (χ4v) is 3.89. The third kappa shape index (κ3) is 4.75. The van der Waals surface area contributed by atoms with E-state index in [9.17, 15) is 29.4 Å². The van der Waals surface area contributed by atoms with Gasteiger partial charge in [0, 0.05) is 47.0 Å². The highest BCUT2D eigenvalue weighted by molar-refractivity contribution is 6.35. The van der Waals surface area contributed by atoms with Gasteiger partial charge in [0.25, 0.3) is 0 Å². The Morgan fingerprint density at radius 2 is 1.06 bits per heavy atom. The van der Waals surface area contributed by atoms with Crippen LogP contribution in [0.2, 0.25) is 0 Å². The third-order valence-electron chi connectivity index (χ3n) is 5.61. The van der Waals surface area contributed by atoms with E-state index in [0.717, 1.165) is 21.8 Å². The first-order valence-electron chi connectivity index (χ1n) is 10.5. The minimum absolute atomic E-state index is 0.0595. The van der Waals surface area contributed by atoms with Crippen molar-refractivity contribution >= 4 is 45.6 Å². The first-order valence-corrected chi connectivity index (χ1v) is 10.5. The van der Waals surface area contributed by atoms with Crippen molar-refractivity contribution < 1.29 is 29.4 Å². The number of H-pyrrole nitrogens is 2. The van der Waals surface area contributed by atoms with Crippen molar-refractivity contribution in [3.63, 3.8) is 0 Å². The van der Waals surface area contributed by atoms with Gasteiger partial charge in [0.1, 0.15) is 12.1 Å². The van der Waals surface area contributed by atoms with Gasteiger partial charge in [-0.3, -0.25) is 9.59 Å². The summed E-state index contributed by atoms with van der Waals surface area (Å²) in [6, 6.07) is 11.8. The number of aromatic nitrogens is 2. The van der Waals surface area contributed by atoms with Gasteiger partial charge in [-0.2, -0.15) is 0 Å². The first-order chi connectivity index (χ1) is 16.3. The summed E-state index contributed by atoms with van der Waals surface area (Å²) in [5, 5.41) is 25.1. The molecule has 0 aliphatic carbocycles. The molecule has 0 aliphatic heterocycles. The van der Waals surface area contributed by atoms with Gasteiger partial charge < -0.3 is 30.8 Å². The third-order valence-corrected chi connectivity index (χ3v) is 5.61. The summed E-state index contributed by atoms with van der Waals surface area (Å²) in [5.74, 6) is -5.09. The summed E-state index contributed by atoms with van der Waals surface area (Å²) in [4.78, 5) is 54.4. The number of benzene rings is 2. The molecule has 2 aromatic carbocycles. The molecular formula is C24H22N4O6. The molecule has 2 amide bonds. The molecule has 2 aromatic heterocycles. The molecule has 10 heteroatoms. The van der Waals surface area contributed by atoms with Gasteiger partial charge in [0.05, 0.1) is 0 Å². The first kappa shape index (κ1) is 22.6. The van der Waals surface area contributed by atoms with E-state index in [4.69, 9.17) is 0 Å². The number of fused-ring (bicyclic) bond motifs is 2. The zero-order valence-corrected chi connectivity index (χ0v) is 17.9. The number of carbonyl (C=O) groups is 4. The molecule has 0 aliphatic rings. The highest BCUT2D eigenvalue weighted by Gasteiger charge is 2.29. The molecule has 10 nitrogen and oxygen atoms in total. The van der Waals surface area contributed by atoms with Crippen LogP contribution in [-0.4, -0.2) is 56.0 Å². The lowest BCUT2D eigenvalue weighted by molar-refractivity contribution is -0.147. The lowest BCUT2D eigenvalue weighted by Gasteiger charge is -2.17. The number of nitrogens with one attached hydrogen (secondary N) is 4. The predicted octanol–water partition coefficient (Wildman–Crippen LogP) is 1.57. The van der Waals surface area contributed by atoms with Gasteiger partial charge in [-0.05, 0) is 23.3 Å². The Balaban J connectivity index is 1.43. The van der Waals surface area contributed by atoms with E-state index in [0.29, 0.717) is 11.1 Å². The Kier molecular flexibility index (Phi) is 6.30. The molecule has 4 rings (SSSR count). The maximum absolute atomic E-state index is 12.4. The van der Waals surface area contributed by atoms with Crippen molar-refractivity contribution in [3.8, 4) is 0 Å². The Labute approximate surface area is 193 Å². The van der Waals surface area contributed by atoms with E-state index in [1.54, 1.807) is 24.5 Å². The number of aromatic amines is 2. The second-order valence-electron chi connectivity index (χ2n) is 7.86. The zero-order valence-electron chi connectivity index (χ0n) is 17.9. The fourth-order valence-electron chi connectivity index (χ4n) is 3.89. The number of carboxylic acid groups (broad SMARTS) is 2. The van der Waals surface area contributed by atoms with Gasteiger partial charge in [0.15, 0.2) is 0 Å². The van der Waals surface area contributed by atoms with E-state index in [1.165, 1.54) is 0 Å². The molecule has 34 heavy (non-hydrogen) atoms. The summed E-state index contributed by atoms with van der Waals surface area (Å²) in [7, 11) is 0. The lowest BCUT2D eigenvalue weighted by atomic mass is 10.0. The Bertz CT molecular complexity index is 1280. The van der Waals surface area contributed by atoms with Gasteiger partial charge in [0.2, 0.25) is 0 Å². The number of hydrogen-bond acceptors (Lipinski definition) is 4. The molecule has 0 bridgehead atoms. The van der Waals surface area contributed by atoms with E-state index in [2.05, 4.69) is 20.6 Å². The topological polar surface area (TPSA) is 164 Å². The second-order valence-corrected chi connectivity index (χ2v) is 7.86. The van der Waals surface area contributed by atoms with E-state index in [-0.39, 0.29) is 12.8 Å². The van der Waals surface area contributed by atoms with Crippen molar-refractivity contribution in [1.82, 2.24) is 20.6 Å². The minimum Gasteiger partial charge on any atom is -0.480 e. The molecule has 2 heterocycles. The van der Waals surface area contributed by atoms with E-state index in [1.807, 2.05) is 36.4 Å². The van der Waals surface area contributed by atoms with Crippen molar-refractivity contribution in [3.05, 3.63) is 72.1 Å². The van der Waals surface area contributed by atoms with Crippen molar-refractivity contribution in [2.24, 2.45) is 0 Å². The van der Waals surface area contributed by atoms with Crippen LogP contribution in [0.3, 0.4) is 0 Å². The monoisotopic (exact) mass is 462 g/mol. The lowest BCUT2D eigenvalue weighted by Crippen LogP contribution is -2.52. The number of carbonyl (C=O) groups excluding carboxylic acids is 2. The van der Waals surface area contributed by atoms with Gasteiger partial charge in [-0.25, -0.2) is 9.59 Å². The van der Waals surface area contributed by atoms with Crippen molar-refractivity contribution in [1.29, 1.82) is 0 Å². The number of rotatable bonds is 8. The number of para-hydroxylation sites is 2. The average Bonchev–Trinajstić information content (AvgIpc) is 3.42. The molecule has 0 radical (unpaired) electrons. The molecule has 4 aromatic rings. The van der Waals surface area contributed by atoms with Crippen molar-refractivity contribution in [2.75, 3.05) is 0 Å². The summed E-state index contributed by atoms with van der Waals surface area (Å²) in [6.07, 6.45) is 3.18. The summed E-state index contributed by atoms with van der Waals surface area (Å²) in [5.41, 5.74) is 2.94. The SMILES string of the molecule is O=C(N[C@@H](Cc1c[nH]c2ccccc12)C(=O)O)C(=O)N[C@@H](Cc1c[nH]c2ccccc12)C(=O)O. The summed E-state index contributed by atoms with van der Waals surface area (Å²) < 4.78 is 0. The highest BCUT2D eigenvalue weighted by atomic mass is 16.4. The Morgan fingerprint density at radius 3 is 1.44 bits per heavy atom. The van der Waals surface area contributed by atoms with Crippen LogP contribution < -0.4 is 10.6 Å². The van der Waals surface area contributed by atoms with Crippen LogP contribution in [0.4, 0.5) is 0 Å². The molecule has 174 valence electrons. The van der Waals surface area contributed by atoms with Crippen molar-refractivity contribution in [2.45, 2.75) is 24.9 Å². The fraction of sp³-hybridized carbons (Fsp3) is 0.167. The molecule has 0 saturated heterocycles. The van der Waals surface area contributed by atoms with Gasteiger partial charge in [-0.15, -0.1) is 0 Å². The predicted molar refractivity (Wildman–Crippen MR) is 123 cm³/mol. The largest absolute Gasteiger partial charge is 0.480 e. The van der Waals surface area contributed by atoms with Crippen LogP contribution in [0.1, 0.15) is 11.1 Å². The maximum Gasteiger partial charge on any atom is 0.326 e. The highest BCUT2D eigenvalue weighted by Crippen LogP contribution is 2.20. The molecule has 2 atom stereocenters. The minimum atomic E-state index is -1.38. The van der Waals surface area contributed by atoms with Crippen LogP contribution in [0.25, 0.3) is 21.8 Å². The van der Waals surface area contributed by atoms with Crippen LogP contribution in [-0.2, 0) is 32.0 Å². The maximum atomic E-state index is 12.4. The number of amides is 2. The molecule has 0 fully saturated rings. The standard InChI is InChI=1S/C24H22N4O6/c29-21(27-19(23(31)32)9-13-11-25-17-7-3-1-5-15(13)17)22(30)28-20(24(33)34)10-14-12-26-18-8-4-2-6-16(14)18/h1-8,11-12,19-20,25-26H,9-10H2,(H,27,29)(H,28,30)(H,31,32)(H,33,34)/t19-,20-/m0/s1. The average molecular weight is 462 g/mol. The van der Waals surface area contributed by atoms with E-state index >= 15 is 0 Å². The van der Waals surface area contributed by atoms with E-state index < -0.39 is 35.8 Å². The molecular weight excluding hydrogens is 440 g/mol. The molecule has 6 N–H and O–H groups in total. The second kappa shape index (κ2) is 9.49. The normalized spacial score (nSPS) is 12.8. The van der Waals surface area contributed by atoms with Gasteiger partial charge in [-0.1, -0.05) is 36.4 Å². The summed E-state index contributed by atoms with van der Waals surface area (Å²) >= 11 is 0. The number of hydrogen-bond donors (Lipinski definition) is 6. The number of aliphatic carboxylic acids is 2. The zero-order chi connectivity index (χ0) is 24.2. The molecule has 0 spiro atoms. The van der Waals surface area contributed by atoms with Crippen LogP contribution in [0.5, 0.6) is 0 Å². The smallest absolute Gasteiger partial charge is 0.326 e. The molecule has 0 unspecified atom stereocenters. The number of carboxylic acids is 2. The summed E-state index contributed by atoms with van der Waals surface area (Å²) in [6.45, 7) is 0. The van der Waals surface area contributed by atoms with Gasteiger partial charge >= 0.3 is 23.8 Å².